The lowest BCUT2D eigenvalue weighted by molar-refractivity contribution is -0.0821. The van der Waals surface area contributed by atoms with Crippen LogP contribution in [0.4, 0.5) is 0 Å². The minimum atomic E-state index is -0.942. The van der Waals surface area contributed by atoms with Gasteiger partial charge in [0.2, 0.25) is 0 Å². The summed E-state index contributed by atoms with van der Waals surface area (Å²) in [6.07, 6.45) is -0.942. The summed E-state index contributed by atoms with van der Waals surface area (Å²) >= 11 is 0. The second kappa shape index (κ2) is 10.6. The topological polar surface area (TPSA) is 106 Å². The van der Waals surface area contributed by atoms with Gasteiger partial charge in [-0.2, -0.15) is 0 Å². The highest BCUT2D eigenvalue weighted by Gasteiger charge is 2.18. The van der Waals surface area contributed by atoms with Gasteiger partial charge in [-0.15, -0.1) is 0 Å². The Bertz CT molecular complexity index is 210. The molecule has 16 heavy (non-hydrogen) atoms. The number of rotatable bonds is 10. The van der Waals surface area contributed by atoms with Crippen LogP contribution >= 0.6 is 0 Å². The van der Waals surface area contributed by atoms with Crippen molar-refractivity contribution in [1.82, 2.24) is 0 Å². The van der Waals surface area contributed by atoms with E-state index in [0.29, 0.717) is 0 Å². The Labute approximate surface area is 93.7 Å². The molecule has 0 aromatic carbocycles. The van der Waals surface area contributed by atoms with E-state index in [9.17, 15) is 5.11 Å². The predicted octanol–water partition coefficient (Wildman–Crippen LogP) is 0.267. The van der Waals surface area contributed by atoms with Gasteiger partial charge in [-0.1, -0.05) is 5.11 Å². The standard InChI is InChI=1S/C8H17N3O5/c1-13-5-15-3-7(10-11-9)8(12)4-16-6-14-2/h7-8,12H,3-6H2,1-2H3. The Kier molecular flexibility index (Phi) is 10.0. The Balaban J connectivity index is 3.92. The average molecular weight is 235 g/mol. The van der Waals surface area contributed by atoms with Gasteiger partial charge in [-0.05, 0) is 5.53 Å². The maximum Gasteiger partial charge on any atom is 0.146 e. The van der Waals surface area contributed by atoms with E-state index in [1.165, 1.54) is 14.2 Å². The minimum absolute atomic E-state index is 0.00781. The van der Waals surface area contributed by atoms with E-state index >= 15 is 0 Å². The number of hydrogen-bond acceptors (Lipinski definition) is 6. The lowest BCUT2D eigenvalue weighted by atomic mass is 10.2. The molecular formula is C8H17N3O5. The van der Waals surface area contributed by atoms with E-state index in [1.807, 2.05) is 0 Å². The molecule has 2 unspecified atom stereocenters. The smallest absolute Gasteiger partial charge is 0.146 e. The fourth-order valence-electron chi connectivity index (χ4n) is 0.903. The molecule has 0 fully saturated rings. The van der Waals surface area contributed by atoms with Gasteiger partial charge in [0, 0.05) is 19.1 Å². The number of methoxy groups -OCH3 is 2. The zero-order valence-electron chi connectivity index (χ0n) is 9.40. The van der Waals surface area contributed by atoms with Gasteiger partial charge in [0.1, 0.15) is 13.6 Å². The van der Waals surface area contributed by atoms with Crippen molar-refractivity contribution < 1.29 is 24.1 Å². The lowest BCUT2D eigenvalue weighted by Gasteiger charge is -2.17. The summed E-state index contributed by atoms with van der Waals surface area (Å²) < 4.78 is 19.2. The van der Waals surface area contributed by atoms with Crippen LogP contribution in [-0.2, 0) is 18.9 Å². The number of aliphatic hydroxyl groups excluding tert-OH is 1. The largest absolute Gasteiger partial charge is 0.390 e. The zero-order valence-corrected chi connectivity index (χ0v) is 9.40. The first kappa shape index (κ1) is 15.1. The SMILES string of the molecule is COCOCC(O)C(COCOC)N=[N+]=[N-]. The zero-order chi connectivity index (χ0) is 12.2. The van der Waals surface area contributed by atoms with Crippen LogP contribution in [0.3, 0.4) is 0 Å². The first-order chi connectivity index (χ1) is 7.76. The molecule has 0 aliphatic heterocycles. The number of azide groups is 1. The molecule has 0 rings (SSSR count). The molecule has 8 heteroatoms. The van der Waals surface area contributed by atoms with Gasteiger partial charge in [0.25, 0.3) is 0 Å². The normalized spacial score (nSPS) is 14.2. The highest BCUT2D eigenvalue weighted by molar-refractivity contribution is 4.75. The molecular weight excluding hydrogens is 218 g/mol. The molecule has 0 heterocycles. The summed E-state index contributed by atoms with van der Waals surface area (Å²) in [5.41, 5.74) is 8.31. The van der Waals surface area contributed by atoms with Gasteiger partial charge in [-0.25, -0.2) is 0 Å². The minimum Gasteiger partial charge on any atom is -0.390 e. The maximum atomic E-state index is 9.60. The van der Waals surface area contributed by atoms with E-state index in [4.69, 9.17) is 15.0 Å². The van der Waals surface area contributed by atoms with E-state index in [2.05, 4.69) is 19.5 Å². The molecule has 0 aliphatic rings. The summed E-state index contributed by atoms with van der Waals surface area (Å²) in [4.78, 5) is 2.62. The Hall–Kier alpha value is -0.890. The molecule has 0 saturated carbocycles. The van der Waals surface area contributed by atoms with Crippen molar-refractivity contribution in [3.05, 3.63) is 10.4 Å². The van der Waals surface area contributed by atoms with Gasteiger partial charge < -0.3 is 24.1 Å². The summed E-state index contributed by atoms with van der Waals surface area (Å²) in [5, 5.41) is 13.0. The number of nitrogens with zero attached hydrogens (tertiary/aromatic N) is 3. The molecule has 0 spiro atoms. The molecule has 8 nitrogen and oxygen atoms in total. The van der Waals surface area contributed by atoms with E-state index < -0.39 is 12.1 Å². The van der Waals surface area contributed by atoms with Crippen molar-refractivity contribution in [3.8, 4) is 0 Å². The highest BCUT2D eigenvalue weighted by Crippen LogP contribution is 2.02. The molecule has 0 bridgehead atoms. The number of ether oxygens (including phenoxy) is 4. The molecule has 94 valence electrons. The van der Waals surface area contributed by atoms with Crippen molar-refractivity contribution in [1.29, 1.82) is 0 Å². The van der Waals surface area contributed by atoms with Crippen molar-refractivity contribution in [2.24, 2.45) is 5.11 Å². The van der Waals surface area contributed by atoms with Crippen LogP contribution in [0, 0.1) is 0 Å². The van der Waals surface area contributed by atoms with Crippen molar-refractivity contribution >= 4 is 0 Å². The third-order valence-electron chi connectivity index (χ3n) is 1.62. The lowest BCUT2D eigenvalue weighted by Crippen LogP contribution is -2.33. The van der Waals surface area contributed by atoms with Crippen LogP contribution in [0.5, 0.6) is 0 Å². The molecule has 0 aromatic rings. The van der Waals surface area contributed by atoms with Gasteiger partial charge in [-0.3, -0.25) is 0 Å². The molecule has 0 saturated heterocycles. The summed E-state index contributed by atoms with van der Waals surface area (Å²) in [6.45, 7) is 0.214. The quantitative estimate of drug-likeness (QED) is 0.192. The van der Waals surface area contributed by atoms with Crippen LogP contribution in [0.1, 0.15) is 0 Å². The predicted molar refractivity (Wildman–Crippen MR) is 54.6 cm³/mol. The third-order valence-corrected chi connectivity index (χ3v) is 1.62. The Morgan fingerprint density at radius 2 is 1.75 bits per heavy atom. The van der Waals surface area contributed by atoms with Crippen LogP contribution in [0.15, 0.2) is 5.11 Å². The average Bonchev–Trinajstić information content (AvgIpc) is 2.28. The number of aliphatic hydroxyl groups is 1. The van der Waals surface area contributed by atoms with Crippen LogP contribution in [0.25, 0.3) is 10.4 Å². The number of hydrogen-bond donors (Lipinski definition) is 1. The highest BCUT2D eigenvalue weighted by atomic mass is 16.7. The fraction of sp³-hybridized carbons (Fsp3) is 1.00. The van der Waals surface area contributed by atoms with Crippen molar-refractivity contribution in [3.63, 3.8) is 0 Å². The van der Waals surface area contributed by atoms with Crippen LogP contribution in [-0.4, -0.2) is 58.3 Å². The van der Waals surface area contributed by atoms with Crippen LogP contribution in [0.2, 0.25) is 0 Å². The van der Waals surface area contributed by atoms with E-state index in [0.717, 1.165) is 0 Å². The monoisotopic (exact) mass is 235 g/mol. The Morgan fingerprint density at radius 3 is 2.25 bits per heavy atom. The van der Waals surface area contributed by atoms with Crippen molar-refractivity contribution in [2.75, 3.05) is 41.0 Å². The summed E-state index contributed by atoms with van der Waals surface area (Å²) in [5.74, 6) is 0. The van der Waals surface area contributed by atoms with Crippen LogP contribution < -0.4 is 0 Å². The third kappa shape index (κ3) is 7.41. The molecule has 0 aliphatic carbocycles. The molecule has 0 amide bonds. The van der Waals surface area contributed by atoms with E-state index in [-0.39, 0.29) is 26.8 Å². The summed E-state index contributed by atoms with van der Waals surface area (Å²) in [7, 11) is 2.94. The second-order valence-electron chi connectivity index (χ2n) is 2.89. The van der Waals surface area contributed by atoms with Gasteiger partial charge >= 0.3 is 0 Å². The molecule has 1 N–H and O–H groups in total. The first-order valence-corrected chi connectivity index (χ1v) is 4.61. The van der Waals surface area contributed by atoms with Crippen molar-refractivity contribution in [2.45, 2.75) is 12.1 Å². The molecule has 0 aromatic heterocycles. The first-order valence-electron chi connectivity index (χ1n) is 4.61. The summed E-state index contributed by atoms with van der Waals surface area (Å²) in [6, 6.07) is -0.711. The second-order valence-corrected chi connectivity index (χ2v) is 2.89. The maximum absolute atomic E-state index is 9.60. The van der Waals surface area contributed by atoms with E-state index in [1.54, 1.807) is 0 Å². The molecule has 0 radical (unpaired) electrons. The van der Waals surface area contributed by atoms with Gasteiger partial charge in [0.15, 0.2) is 0 Å². The molecule has 2 atom stereocenters. The van der Waals surface area contributed by atoms with Gasteiger partial charge in [0.05, 0.1) is 25.4 Å². The fourth-order valence-corrected chi connectivity index (χ4v) is 0.903. The Morgan fingerprint density at radius 1 is 1.19 bits per heavy atom.